The predicted octanol–water partition coefficient (Wildman–Crippen LogP) is 3.86. The van der Waals surface area contributed by atoms with E-state index in [1.165, 1.54) is 0 Å². The van der Waals surface area contributed by atoms with Gasteiger partial charge in [0, 0.05) is 11.3 Å². The highest BCUT2D eigenvalue weighted by atomic mass is 35.5. The van der Waals surface area contributed by atoms with E-state index in [9.17, 15) is 4.79 Å². The summed E-state index contributed by atoms with van der Waals surface area (Å²) in [6.07, 6.45) is -0.169. The second-order valence-corrected chi connectivity index (χ2v) is 4.35. The molecule has 0 aliphatic carbocycles. The monoisotopic (exact) mass is 270 g/mol. The first-order chi connectivity index (χ1) is 9.20. The van der Waals surface area contributed by atoms with E-state index in [0.29, 0.717) is 10.7 Å². The number of nitrogens with zero attached hydrogens (tertiary/aromatic N) is 1. The van der Waals surface area contributed by atoms with Gasteiger partial charge in [0.05, 0.1) is 11.1 Å². The van der Waals surface area contributed by atoms with Crippen LogP contribution in [-0.4, -0.2) is 5.91 Å². The lowest BCUT2D eigenvalue weighted by Gasteiger charge is -2.08. The number of nitriles is 1. The maximum atomic E-state index is 11.3. The van der Waals surface area contributed by atoms with E-state index in [2.05, 4.69) is 5.32 Å². The Hall–Kier alpha value is -2.31. The Morgan fingerprint density at radius 3 is 2.58 bits per heavy atom. The highest BCUT2D eigenvalue weighted by Gasteiger charge is 2.06. The predicted molar refractivity (Wildman–Crippen MR) is 75.7 cm³/mol. The zero-order valence-electron chi connectivity index (χ0n) is 10.1. The quantitative estimate of drug-likeness (QED) is 0.921. The lowest BCUT2D eigenvalue weighted by atomic mass is 10.1. The molecule has 0 saturated carbocycles. The van der Waals surface area contributed by atoms with Gasteiger partial charge in [0.15, 0.2) is 0 Å². The number of anilines is 1. The Morgan fingerprint density at radius 2 is 1.95 bits per heavy atom. The molecule has 0 fully saturated rings. The molecule has 0 saturated heterocycles. The second-order valence-electron chi connectivity index (χ2n) is 3.94. The SMILES string of the molecule is N#CCC(=O)Nc1ccc(-c2ccccc2)c(Cl)c1. The summed E-state index contributed by atoms with van der Waals surface area (Å²) in [4.78, 5) is 11.3. The van der Waals surface area contributed by atoms with Gasteiger partial charge in [-0.3, -0.25) is 4.79 Å². The second kappa shape index (κ2) is 6.03. The van der Waals surface area contributed by atoms with Crippen molar-refractivity contribution in [2.75, 3.05) is 5.32 Å². The van der Waals surface area contributed by atoms with Crippen molar-refractivity contribution in [2.24, 2.45) is 0 Å². The average Bonchev–Trinajstić information content (AvgIpc) is 2.40. The summed E-state index contributed by atoms with van der Waals surface area (Å²) in [5.41, 5.74) is 2.51. The van der Waals surface area contributed by atoms with Crippen molar-refractivity contribution in [3.63, 3.8) is 0 Å². The topological polar surface area (TPSA) is 52.9 Å². The Labute approximate surface area is 116 Å². The molecule has 0 radical (unpaired) electrons. The summed E-state index contributed by atoms with van der Waals surface area (Å²) in [7, 11) is 0. The number of halogens is 1. The van der Waals surface area contributed by atoms with Gasteiger partial charge in [0.2, 0.25) is 5.91 Å². The van der Waals surface area contributed by atoms with Crippen LogP contribution in [0.4, 0.5) is 5.69 Å². The minimum absolute atomic E-state index is 0.169. The van der Waals surface area contributed by atoms with Crippen molar-refractivity contribution in [3.05, 3.63) is 53.6 Å². The van der Waals surface area contributed by atoms with Gasteiger partial charge in [0.25, 0.3) is 0 Å². The van der Waals surface area contributed by atoms with Gasteiger partial charge in [-0.15, -0.1) is 0 Å². The van der Waals surface area contributed by atoms with Crippen molar-refractivity contribution in [1.82, 2.24) is 0 Å². The molecule has 0 aliphatic heterocycles. The van der Waals surface area contributed by atoms with Gasteiger partial charge in [-0.1, -0.05) is 48.0 Å². The Bertz CT molecular complexity index is 632. The van der Waals surface area contributed by atoms with Gasteiger partial charge in [0.1, 0.15) is 6.42 Å². The van der Waals surface area contributed by atoms with E-state index >= 15 is 0 Å². The first kappa shape index (κ1) is 13.1. The van der Waals surface area contributed by atoms with E-state index in [-0.39, 0.29) is 12.3 Å². The fourth-order valence-electron chi connectivity index (χ4n) is 1.72. The van der Waals surface area contributed by atoms with E-state index < -0.39 is 0 Å². The van der Waals surface area contributed by atoms with Crippen LogP contribution in [0.3, 0.4) is 0 Å². The summed E-state index contributed by atoms with van der Waals surface area (Å²) in [5, 5.41) is 11.6. The van der Waals surface area contributed by atoms with Crippen LogP contribution in [0.15, 0.2) is 48.5 Å². The van der Waals surface area contributed by atoms with E-state index in [0.717, 1.165) is 11.1 Å². The summed E-state index contributed by atoms with van der Waals surface area (Å²) in [6.45, 7) is 0. The lowest BCUT2D eigenvalue weighted by molar-refractivity contribution is -0.115. The van der Waals surface area contributed by atoms with E-state index in [4.69, 9.17) is 16.9 Å². The van der Waals surface area contributed by atoms with Crippen LogP contribution in [-0.2, 0) is 4.79 Å². The Kier molecular flexibility index (Phi) is 4.17. The number of hydrogen-bond donors (Lipinski definition) is 1. The number of amides is 1. The van der Waals surface area contributed by atoms with E-state index in [1.54, 1.807) is 18.2 Å². The van der Waals surface area contributed by atoms with Crippen LogP contribution >= 0.6 is 11.6 Å². The van der Waals surface area contributed by atoms with Crippen molar-refractivity contribution in [1.29, 1.82) is 5.26 Å². The van der Waals surface area contributed by atoms with Crippen LogP contribution in [0.1, 0.15) is 6.42 Å². The summed E-state index contributed by atoms with van der Waals surface area (Å²) < 4.78 is 0. The molecule has 1 N–H and O–H groups in total. The van der Waals surface area contributed by atoms with Crippen molar-refractivity contribution in [3.8, 4) is 17.2 Å². The molecule has 4 heteroatoms. The molecule has 19 heavy (non-hydrogen) atoms. The molecule has 0 unspecified atom stereocenters. The third-order valence-corrected chi connectivity index (χ3v) is 2.89. The molecule has 2 rings (SSSR count). The van der Waals surface area contributed by atoms with Gasteiger partial charge < -0.3 is 5.32 Å². The van der Waals surface area contributed by atoms with Crippen LogP contribution < -0.4 is 5.32 Å². The zero-order chi connectivity index (χ0) is 13.7. The third-order valence-electron chi connectivity index (χ3n) is 2.58. The number of benzene rings is 2. The highest BCUT2D eigenvalue weighted by Crippen LogP contribution is 2.30. The van der Waals surface area contributed by atoms with Crippen LogP contribution in [0.25, 0.3) is 11.1 Å². The molecule has 0 spiro atoms. The number of hydrogen-bond acceptors (Lipinski definition) is 2. The van der Waals surface area contributed by atoms with E-state index in [1.807, 2.05) is 36.4 Å². The number of carbonyl (C=O) groups excluding carboxylic acids is 1. The molecule has 0 atom stereocenters. The highest BCUT2D eigenvalue weighted by molar-refractivity contribution is 6.33. The third kappa shape index (κ3) is 3.34. The maximum Gasteiger partial charge on any atom is 0.238 e. The number of carbonyl (C=O) groups is 1. The first-order valence-corrected chi connectivity index (χ1v) is 6.10. The molecule has 1 amide bonds. The molecule has 0 heterocycles. The molecule has 3 nitrogen and oxygen atoms in total. The standard InChI is InChI=1S/C15H11ClN2O/c16-14-10-12(18-15(19)8-9-17)6-7-13(14)11-4-2-1-3-5-11/h1-7,10H,8H2,(H,18,19). The normalized spacial score (nSPS) is 9.68. The molecule has 94 valence electrons. The van der Waals surface area contributed by atoms with Crippen LogP contribution in [0, 0.1) is 11.3 Å². The molecule has 2 aromatic rings. The van der Waals surface area contributed by atoms with Crippen LogP contribution in [0.2, 0.25) is 5.02 Å². The Balaban J connectivity index is 2.23. The minimum atomic E-state index is -0.342. The molecule has 0 aliphatic rings. The number of rotatable bonds is 3. The molecule has 0 bridgehead atoms. The zero-order valence-corrected chi connectivity index (χ0v) is 10.8. The molecular formula is C15H11ClN2O. The average molecular weight is 271 g/mol. The number of nitrogens with one attached hydrogen (secondary N) is 1. The lowest BCUT2D eigenvalue weighted by Crippen LogP contribution is -2.09. The van der Waals surface area contributed by atoms with Crippen molar-refractivity contribution < 1.29 is 4.79 Å². The fourth-order valence-corrected chi connectivity index (χ4v) is 2.01. The van der Waals surface area contributed by atoms with Crippen LogP contribution in [0.5, 0.6) is 0 Å². The molecule has 0 aromatic heterocycles. The minimum Gasteiger partial charge on any atom is -0.325 e. The van der Waals surface area contributed by atoms with Gasteiger partial charge in [-0.25, -0.2) is 0 Å². The van der Waals surface area contributed by atoms with Crippen molar-refractivity contribution >= 4 is 23.2 Å². The molecular weight excluding hydrogens is 260 g/mol. The maximum absolute atomic E-state index is 11.3. The smallest absolute Gasteiger partial charge is 0.238 e. The van der Waals surface area contributed by atoms with Gasteiger partial charge >= 0.3 is 0 Å². The van der Waals surface area contributed by atoms with Gasteiger partial charge in [-0.05, 0) is 17.7 Å². The summed E-state index contributed by atoms with van der Waals surface area (Å²) in [5.74, 6) is -0.342. The Morgan fingerprint density at radius 1 is 1.21 bits per heavy atom. The summed E-state index contributed by atoms with van der Waals surface area (Å²) >= 11 is 6.21. The fraction of sp³-hybridized carbons (Fsp3) is 0.0667. The molecule has 2 aromatic carbocycles. The largest absolute Gasteiger partial charge is 0.325 e. The first-order valence-electron chi connectivity index (χ1n) is 5.72. The van der Waals surface area contributed by atoms with Crippen molar-refractivity contribution in [2.45, 2.75) is 6.42 Å². The van der Waals surface area contributed by atoms with Gasteiger partial charge in [-0.2, -0.15) is 5.26 Å². The summed E-state index contributed by atoms with van der Waals surface area (Å²) in [6, 6.07) is 16.8.